The van der Waals surface area contributed by atoms with Crippen LogP contribution in [0, 0.1) is 12.8 Å². The van der Waals surface area contributed by atoms with Gasteiger partial charge in [-0.05, 0) is 37.8 Å². The first-order chi connectivity index (χ1) is 7.25. The van der Waals surface area contributed by atoms with E-state index in [1.54, 1.807) is 0 Å². The van der Waals surface area contributed by atoms with Crippen LogP contribution in [0.25, 0.3) is 0 Å². The molecule has 0 bridgehead atoms. The molecule has 1 N–H and O–H groups in total. The summed E-state index contributed by atoms with van der Waals surface area (Å²) in [5.41, 5.74) is 2.47. The minimum absolute atomic E-state index is 0.568. The van der Waals surface area contributed by atoms with Crippen LogP contribution in [0.3, 0.4) is 0 Å². The molecule has 1 aliphatic carbocycles. The number of aromatic nitrogens is 1. The topological polar surface area (TPSA) is 24.9 Å². The molecule has 1 fully saturated rings. The average molecular weight is 204 g/mol. The Morgan fingerprint density at radius 2 is 2.33 bits per heavy atom. The fourth-order valence-electron chi connectivity index (χ4n) is 2.17. The zero-order valence-corrected chi connectivity index (χ0v) is 9.66. The lowest BCUT2D eigenvalue weighted by Crippen LogP contribution is -2.23. The molecule has 82 valence electrons. The molecule has 15 heavy (non-hydrogen) atoms. The normalized spacial score (nSPS) is 18.3. The molecule has 2 heteroatoms. The molecular formula is C13H20N2. The molecule has 1 aromatic rings. The Morgan fingerprint density at radius 1 is 1.53 bits per heavy atom. The minimum atomic E-state index is 0.568. The van der Waals surface area contributed by atoms with Gasteiger partial charge in [-0.2, -0.15) is 0 Å². The van der Waals surface area contributed by atoms with Gasteiger partial charge in [-0.25, -0.2) is 0 Å². The van der Waals surface area contributed by atoms with Gasteiger partial charge in [0.15, 0.2) is 0 Å². The SMILES string of the molecule is Cc1ccncc1NC(C)CC1CCC1. The van der Waals surface area contributed by atoms with Gasteiger partial charge in [-0.3, -0.25) is 4.98 Å². The molecule has 2 rings (SSSR count). The summed E-state index contributed by atoms with van der Waals surface area (Å²) >= 11 is 0. The molecule has 1 saturated carbocycles. The van der Waals surface area contributed by atoms with Gasteiger partial charge in [0.25, 0.3) is 0 Å². The number of rotatable bonds is 4. The zero-order valence-electron chi connectivity index (χ0n) is 9.66. The third kappa shape index (κ3) is 2.71. The van der Waals surface area contributed by atoms with Gasteiger partial charge in [0.1, 0.15) is 0 Å². The highest BCUT2D eigenvalue weighted by atomic mass is 14.9. The molecule has 1 heterocycles. The third-order valence-corrected chi connectivity index (χ3v) is 3.35. The van der Waals surface area contributed by atoms with Crippen LogP contribution in [-0.2, 0) is 0 Å². The van der Waals surface area contributed by atoms with Gasteiger partial charge in [-0.15, -0.1) is 0 Å². The molecular weight excluding hydrogens is 184 g/mol. The van der Waals surface area contributed by atoms with E-state index in [1.165, 1.54) is 36.9 Å². The van der Waals surface area contributed by atoms with E-state index in [-0.39, 0.29) is 0 Å². The molecule has 0 aliphatic heterocycles. The summed E-state index contributed by atoms with van der Waals surface area (Å²) in [6.45, 7) is 4.39. The van der Waals surface area contributed by atoms with Crippen LogP contribution in [0.2, 0.25) is 0 Å². The Morgan fingerprint density at radius 3 is 2.93 bits per heavy atom. The van der Waals surface area contributed by atoms with Crippen LogP contribution in [0.5, 0.6) is 0 Å². The van der Waals surface area contributed by atoms with E-state index in [9.17, 15) is 0 Å². The molecule has 0 amide bonds. The summed E-state index contributed by atoms with van der Waals surface area (Å²) in [5.74, 6) is 0.962. The van der Waals surface area contributed by atoms with Gasteiger partial charge in [0.2, 0.25) is 0 Å². The van der Waals surface area contributed by atoms with Gasteiger partial charge < -0.3 is 5.32 Å². The van der Waals surface area contributed by atoms with Crippen molar-refractivity contribution in [3.63, 3.8) is 0 Å². The van der Waals surface area contributed by atoms with Crippen molar-refractivity contribution in [2.45, 2.75) is 45.6 Å². The minimum Gasteiger partial charge on any atom is -0.381 e. The second-order valence-electron chi connectivity index (χ2n) is 4.77. The monoisotopic (exact) mass is 204 g/mol. The van der Waals surface area contributed by atoms with Gasteiger partial charge >= 0.3 is 0 Å². The molecule has 0 saturated heterocycles. The fraction of sp³-hybridized carbons (Fsp3) is 0.615. The molecule has 1 unspecified atom stereocenters. The van der Waals surface area contributed by atoms with Crippen molar-refractivity contribution in [1.82, 2.24) is 4.98 Å². The zero-order chi connectivity index (χ0) is 10.7. The quantitative estimate of drug-likeness (QED) is 0.813. The van der Waals surface area contributed by atoms with Crippen LogP contribution in [0.1, 0.15) is 38.2 Å². The lowest BCUT2D eigenvalue weighted by atomic mass is 9.81. The van der Waals surface area contributed by atoms with E-state index < -0.39 is 0 Å². The Balaban J connectivity index is 1.87. The molecule has 2 nitrogen and oxygen atoms in total. The Labute approximate surface area is 92.1 Å². The van der Waals surface area contributed by atoms with Crippen molar-refractivity contribution < 1.29 is 0 Å². The summed E-state index contributed by atoms with van der Waals surface area (Å²) < 4.78 is 0. The Bertz CT molecular complexity index is 318. The first-order valence-electron chi connectivity index (χ1n) is 5.93. The van der Waals surface area contributed by atoms with Crippen molar-refractivity contribution in [1.29, 1.82) is 0 Å². The Kier molecular flexibility index (Phi) is 3.24. The highest BCUT2D eigenvalue weighted by Crippen LogP contribution is 2.31. The van der Waals surface area contributed by atoms with Crippen molar-refractivity contribution in [2.75, 3.05) is 5.32 Å². The summed E-state index contributed by atoms with van der Waals surface area (Å²) in [5, 5.41) is 3.55. The second-order valence-corrected chi connectivity index (χ2v) is 4.77. The molecule has 0 spiro atoms. The smallest absolute Gasteiger partial charge is 0.0558 e. The maximum absolute atomic E-state index is 4.15. The van der Waals surface area contributed by atoms with Crippen molar-refractivity contribution in [2.24, 2.45) is 5.92 Å². The van der Waals surface area contributed by atoms with Crippen molar-refractivity contribution in [3.05, 3.63) is 24.0 Å². The van der Waals surface area contributed by atoms with Crippen LogP contribution in [-0.4, -0.2) is 11.0 Å². The average Bonchev–Trinajstić information content (AvgIpc) is 2.16. The predicted molar refractivity (Wildman–Crippen MR) is 64.0 cm³/mol. The van der Waals surface area contributed by atoms with Gasteiger partial charge in [0.05, 0.1) is 11.9 Å². The van der Waals surface area contributed by atoms with Gasteiger partial charge in [-0.1, -0.05) is 19.3 Å². The number of aryl methyl sites for hydroxylation is 1. The van der Waals surface area contributed by atoms with Crippen LogP contribution < -0.4 is 5.32 Å². The van der Waals surface area contributed by atoms with E-state index in [4.69, 9.17) is 0 Å². The molecule has 1 aromatic heterocycles. The van der Waals surface area contributed by atoms with E-state index in [0.29, 0.717) is 6.04 Å². The number of nitrogens with one attached hydrogen (secondary N) is 1. The molecule has 1 atom stereocenters. The van der Waals surface area contributed by atoms with Crippen LogP contribution in [0.15, 0.2) is 18.5 Å². The van der Waals surface area contributed by atoms with Crippen molar-refractivity contribution >= 4 is 5.69 Å². The highest BCUT2D eigenvalue weighted by molar-refractivity contribution is 5.48. The van der Waals surface area contributed by atoms with Gasteiger partial charge in [0, 0.05) is 12.2 Å². The highest BCUT2D eigenvalue weighted by Gasteiger charge is 2.19. The standard InChI is InChI=1S/C13H20N2/c1-10-6-7-14-9-13(10)15-11(2)8-12-4-3-5-12/h6-7,9,11-12,15H,3-5,8H2,1-2H3. The number of nitrogens with zero attached hydrogens (tertiary/aromatic N) is 1. The molecule has 0 radical (unpaired) electrons. The van der Waals surface area contributed by atoms with Crippen LogP contribution >= 0.6 is 0 Å². The summed E-state index contributed by atoms with van der Waals surface area (Å²) in [6.07, 6.45) is 9.36. The van der Waals surface area contributed by atoms with E-state index in [1.807, 2.05) is 12.4 Å². The summed E-state index contributed by atoms with van der Waals surface area (Å²) in [6, 6.07) is 2.62. The van der Waals surface area contributed by atoms with E-state index >= 15 is 0 Å². The predicted octanol–water partition coefficient (Wildman–Crippen LogP) is 3.38. The summed E-state index contributed by atoms with van der Waals surface area (Å²) in [7, 11) is 0. The third-order valence-electron chi connectivity index (χ3n) is 3.35. The van der Waals surface area contributed by atoms with Crippen molar-refractivity contribution in [3.8, 4) is 0 Å². The van der Waals surface area contributed by atoms with E-state index in [2.05, 4.69) is 30.2 Å². The second kappa shape index (κ2) is 4.65. The van der Waals surface area contributed by atoms with E-state index in [0.717, 1.165) is 5.92 Å². The maximum atomic E-state index is 4.15. The largest absolute Gasteiger partial charge is 0.381 e. The number of hydrogen-bond donors (Lipinski definition) is 1. The first kappa shape index (κ1) is 10.5. The van der Waals surface area contributed by atoms with Crippen LogP contribution in [0.4, 0.5) is 5.69 Å². The lowest BCUT2D eigenvalue weighted by Gasteiger charge is -2.29. The first-order valence-corrected chi connectivity index (χ1v) is 5.93. The summed E-state index contributed by atoms with van der Waals surface area (Å²) in [4.78, 5) is 4.15. The number of pyridine rings is 1. The molecule has 1 aliphatic rings. The Hall–Kier alpha value is -1.05. The molecule has 0 aromatic carbocycles. The lowest BCUT2D eigenvalue weighted by molar-refractivity contribution is 0.286. The number of anilines is 1. The number of hydrogen-bond acceptors (Lipinski definition) is 2. The fourth-order valence-corrected chi connectivity index (χ4v) is 2.17. The maximum Gasteiger partial charge on any atom is 0.0558 e.